The average molecular weight is 499 g/mol. The SMILES string of the molecule is CSc1nnc(C)n1-c1ccc(C(=O)OC(C)C(=O)N2c3ccccc3CCc3ccccc32)cc1. The van der Waals surface area contributed by atoms with Gasteiger partial charge in [-0.25, -0.2) is 4.79 Å². The molecule has 2 heterocycles. The zero-order chi connectivity index (χ0) is 25.2. The Hall–Kier alpha value is -3.91. The normalized spacial score (nSPS) is 13.4. The minimum absolute atomic E-state index is 0.286. The molecule has 1 atom stereocenters. The van der Waals surface area contributed by atoms with E-state index in [9.17, 15) is 9.59 Å². The van der Waals surface area contributed by atoms with Crippen LogP contribution in [0.15, 0.2) is 78.0 Å². The van der Waals surface area contributed by atoms with Crippen molar-refractivity contribution in [3.63, 3.8) is 0 Å². The minimum atomic E-state index is -0.973. The molecule has 0 N–H and O–H groups in total. The fourth-order valence-corrected chi connectivity index (χ4v) is 5.04. The Morgan fingerprint density at radius 3 is 2.06 bits per heavy atom. The van der Waals surface area contributed by atoms with E-state index < -0.39 is 12.1 Å². The Morgan fingerprint density at radius 2 is 1.47 bits per heavy atom. The number of hydrogen-bond acceptors (Lipinski definition) is 6. The number of carbonyl (C=O) groups excluding carboxylic acids is 2. The second-order valence-corrected chi connectivity index (χ2v) is 9.37. The quantitative estimate of drug-likeness (QED) is 0.274. The lowest BCUT2D eigenvalue weighted by molar-refractivity contribution is -0.125. The van der Waals surface area contributed by atoms with Gasteiger partial charge in [0.15, 0.2) is 11.3 Å². The van der Waals surface area contributed by atoms with Gasteiger partial charge in [-0.05, 0) is 80.5 Å². The maximum atomic E-state index is 13.7. The van der Waals surface area contributed by atoms with Crippen LogP contribution < -0.4 is 4.90 Å². The van der Waals surface area contributed by atoms with Crippen molar-refractivity contribution in [2.45, 2.75) is 37.9 Å². The summed E-state index contributed by atoms with van der Waals surface area (Å²) in [6, 6.07) is 22.8. The van der Waals surface area contributed by atoms with E-state index in [1.807, 2.05) is 78.4 Å². The number of benzene rings is 3. The second-order valence-electron chi connectivity index (χ2n) is 8.59. The zero-order valence-corrected chi connectivity index (χ0v) is 21.2. The number of fused-ring (bicyclic) bond motifs is 2. The number of para-hydroxylation sites is 2. The molecule has 7 nitrogen and oxygen atoms in total. The molecule has 1 unspecified atom stereocenters. The van der Waals surface area contributed by atoms with Gasteiger partial charge in [0, 0.05) is 5.69 Å². The zero-order valence-electron chi connectivity index (χ0n) is 20.3. The van der Waals surface area contributed by atoms with Crippen molar-refractivity contribution in [3.05, 3.63) is 95.3 Å². The number of carbonyl (C=O) groups is 2. The molecule has 1 aliphatic heterocycles. The van der Waals surface area contributed by atoms with Gasteiger partial charge in [0.25, 0.3) is 5.91 Å². The Bertz CT molecular complexity index is 1380. The number of thioether (sulfide) groups is 1. The molecule has 1 aromatic heterocycles. The Kier molecular flexibility index (Phi) is 6.61. The molecule has 0 saturated heterocycles. The molecule has 8 heteroatoms. The summed E-state index contributed by atoms with van der Waals surface area (Å²) in [5, 5.41) is 9.04. The first-order chi connectivity index (χ1) is 17.5. The molecular weight excluding hydrogens is 472 g/mol. The number of anilines is 2. The van der Waals surface area contributed by atoms with Gasteiger partial charge in [-0.3, -0.25) is 14.3 Å². The van der Waals surface area contributed by atoms with E-state index in [1.54, 1.807) is 24.0 Å². The topological polar surface area (TPSA) is 77.3 Å². The van der Waals surface area contributed by atoms with Crippen LogP contribution in [0.1, 0.15) is 34.2 Å². The molecule has 36 heavy (non-hydrogen) atoms. The highest BCUT2D eigenvalue weighted by atomic mass is 32.2. The fraction of sp³-hybridized carbons (Fsp3) is 0.214. The number of nitrogens with zero attached hydrogens (tertiary/aromatic N) is 4. The van der Waals surface area contributed by atoms with Crippen LogP contribution in [-0.2, 0) is 22.4 Å². The number of rotatable bonds is 5. The van der Waals surface area contributed by atoms with Crippen LogP contribution in [0.3, 0.4) is 0 Å². The molecule has 1 aliphatic rings. The smallest absolute Gasteiger partial charge is 0.338 e. The highest BCUT2D eigenvalue weighted by molar-refractivity contribution is 7.98. The van der Waals surface area contributed by atoms with Crippen molar-refractivity contribution >= 4 is 35.0 Å². The Balaban J connectivity index is 1.38. The van der Waals surface area contributed by atoms with Gasteiger partial charge in [0.2, 0.25) is 0 Å². The third-order valence-electron chi connectivity index (χ3n) is 6.32. The lowest BCUT2D eigenvalue weighted by Crippen LogP contribution is -2.37. The van der Waals surface area contributed by atoms with Crippen molar-refractivity contribution in [1.82, 2.24) is 14.8 Å². The third kappa shape index (κ3) is 4.40. The molecule has 1 amide bonds. The summed E-state index contributed by atoms with van der Waals surface area (Å²) in [6.45, 7) is 3.50. The Morgan fingerprint density at radius 1 is 0.889 bits per heavy atom. The number of ether oxygens (including phenoxy) is 1. The van der Waals surface area contributed by atoms with Gasteiger partial charge in [-0.2, -0.15) is 0 Å². The monoisotopic (exact) mass is 498 g/mol. The van der Waals surface area contributed by atoms with Gasteiger partial charge in [0.05, 0.1) is 16.9 Å². The van der Waals surface area contributed by atoms with E-state index in [0.717, 1.165) is 52.0 Å². The van der Waals surface area contributed by atoms with Crippen molar-refractivity contribution < 1.29 is 14.3 Å². The van der Waals surface area contributed by atoms with Crippen LogP contribution >= 0.6 is 11.8 Å². The largest absolute Gasteiger partial charge is 0.449 e. The van der Waals surface area contributed by atoms with E-state index in [1.165, 1.54) is 11.8 Å². The molecule has 4 aromatic rings. The maximum Gasteiger partial charge on any atom is 0.338 e. The van der Waals surface area contributed by atoms with Crippen LogP contribution in [0.25, 0.3) is 5.69 Å². The van der Waals surface area contributed by atoms with Gasteiger partial charge in [-0.15, -0.1) is 10.2 Å². The van der Waals surface area contributed by atoms with E-state index in [-0.39, 0.29) is 5.91 Å². The molecule has 0 aliphatic carbocycles. The van der Waals surface area contributed by atoms with Crippen molar-refractivity contribution in [3.8, 4) is 5.69 Å². The van der Waals surface area contributed by atoms with E-state index >= 15 is 0 Å². The summed E-state index contributed by atoms with van der Waals surface area (Å²) in [7, 11) is 0. The molecule has 0 fully saturated rings. The first-order valence-corrected chi connectivity index (χ1v) is 13.0. The number of hydrogen-bond donors (Lipinski definition) is 0. The van der Waals surface area contributed by atoms with E-state index in [0.29, 0.717) is 5.56 Å². The van der Waals surface area contributed by atoms with Crippen molar-refractivity contribution in [2.75, 3.05) is 11.2 Å². The van der Waals surface area contributed by atoms with Crippen molar-refractivity contribution in [2.24, 2.45) is 0 Å². The van der Waals surface area contributed by atoms with Crippen LogP contribution in [0.5, 0.6) is 0 Å². The Labute approximate surface area is 214 Å². The van der Waals surface area contributed by atoms with E-state index in [2.05, 4.69) is 10.2 Å². The van der Waals surface area contributed by atoms with Gasteiger partial charge >= 0.3 is 5.97 Å². The van der Waals surface area contributed by atoms with Gasteiger partial charge < -0.3 is 4.74 Å². The molecule has 5 rings (SSSR count). The van der Waals surface area contributed by atoms with Crippen LogP contribution in [0, 0.1) is 6.92 Å². The summed E-state index contributed by atoms with van der Waals surface area (Å²) in [5.41, 5.74) is 5.05. The second kappa shape index (κ2) is 9.99. The summed E-state index contributed by atoms with van der Waals surface area (Å²) < 4.78 is 7.57. The first kappa shape index (κ1) is 23.8. The number of aryl methyl sites for hydroxylation is 3. The maximum absolute atomic E-state index is 13.7. The summed E-state index contributed by atoms with van der Waals surface area (Å²) in [5.74, 6) is -0.0808. The first-order valence-electron chi connectivity index (χ1n) is 11.7. The summed E-state index contributed by atoms with van der Waals surface area (Å²) in [4.78, 5) is 28.3. The standard InChI is InChI=1S/C28H26N4O3S/c1-18(35-27(34)22-14-16-23(17-15-22)31-19(2)29-30-28(31)36-3)26(33)32-24-10-6-4-8-20(24)12-13-21-9-5-7-11-25(21)32/h4-11,14-18H,12-13H2,1-3H3. The van der Waals surface area contributed by atoms with Crippen LogP contribution in [-0.4, -0.2) is 39.0 Å². The molecular formula is C28H26N4O3S. The summed E-state index contributed by atoms with van der Waals surface area (Å²) in [6.07, 6.45) is 2.63. The highest BCUT2D eigenvalue weighted by Crippen LogP contribution is 2.36. The average Bonchev–Trinajstić information content (AvgIpc) is 3.20. The predicted molar refractivity (Wildman–Crippen MR) is 140 cm³/mol. The lowest BCUT2D eigenvalue weighted by Gasteiger charge is -2.27. The third-order valence-corrected chi connectivity index (χ3v) is 6.95. The minimum Gasteiger partial charge on any atom is -0.449 e. The molecule has 182 valence electrons. The number of esters is 1. The number of amides is 1. The fourth-order valence-electron chi connectivity index (χ4n) is 4.50. The molecule has 0 spiro atoms. The predicted octanol–water partition coefficient (Wildman–Crippen LogP) is 5.31. The van der Waals surface area contributed by atoms with Crippen LogP contribution in [0.2, 0.25) is 0 Å². The molecule has 3 aromatic carbocycles. The van der Waals surface area contributed by atoms with Gasteiger partial charge in [0.1, 0.15) is 5.82 Å². The molecule has 0 bridgehead atoms. The highest BCUT2D eigenvalue weighted by Gasteiger charge is 2.31. The van der Waals surface area contributed by atoms with Gasteiger partial charge in [-0.1, -0.05) is 48.2 Å². The molecule has 0 radical (unpaired) electrons. The summed E-state index contributed by atoms with van der Waals surface area (Å²) >= 11 is 1.49. The van der Waals surface area contributed by atoms with Crippen molar-refractivity contribution in [1.29, 1.82) is 0 Å². The molecule has 0 saturated carbocycles. The number of aromatic nitrogens is 3. The lowest BCUT2D eigenvalue weighted by atomic mass is 10.0. The van der Waals surface area contributed by atoms with Crippen LogP contribution in [0.4, 0.5) is 11.4 Å². The van der Waals surface area contributed by atoms with E-state index in [4.69, 9.17) is 4.74 Å².